The molecule has 102 valence electrons. The minimum Gasteiger partial charge on any atom is -0.469 e. The van der Waals surface area contributed by atoms with Gasteiger partial charge in [-0.05, 0) is 28.1 Å². The molecular formula is C12H10BrClFNO3. The zero-order valence-corrected chi connectivity index (χ0v) is 12.3. The molecule has 0 aromatic heterocycles. The summed E-state index contributed by atoms with van der Waals surface area (Å²) in [7, 11) is 1.26. The van der Waals surface area contributed by atoms with Gasteiger partial charge in [0.05, 0.1) is 23.7 Å². The summed E-state index contributed by atoms with van der Waals surface area (Å²) < 4.78 is 18.9. The Labute approximate surface area is 122 Å². The molecular weight excluding hydrogens is 340 g/mol. The molecule has 0 radical (unpaired) electrons. The summed E-state index contributed by atoms with van der Waals surface area (Å²) in [6.07, 6.45) is 0.0137. The van der Waals surface area contributed by atoms with Crippen LogP contribution in [0.5, 0.6) is 0 Å². The summed E-state index contributed by atoms with van der Waals surface area (Å²) in [6.45, 7) is 0.0976. The third-order valence-corrected chi connectivity index (χ3v) is 4.14. The van der Waals surface area contributed by atoms with Gasteiger partial charge in [-0.25, -0.2) is 4.39 Å². The van der Waals surface area contributed by atoms with Gasteiger partial charge in [-0.15, -0.1) is 0 Å². The molecule has 7 heteroatoms. The summed E-state index contributed by atoms with van der Waals surface area (Å²) in [4.78, 5) is 24.5. The van der Waals surface area contributed by atoms with E-state index >= 15 is 0 Å². The monoisotopic (exact) mass is 349 g/mol. The van der Waals surface area contributed by atoms with Crippen molar-refractivity contribution in [3.8, 4) is 0 Å². The van der Waals surface area contributed by atoms with Crippen molar-refractivity contribution in [1.82, 2.24) is 0 Å². The number of nitrogens with zero attached hydrogens (tertiary/aromatic N) is 1. The number of amides is 1. The van der Waals surface area contributed by atoms with Gasteiger partial charge in [0.2, 0.25) is 5.91 Å². The van der Waals surface area contributed by atoms with Crippen molar-refractivity contribution in [3.05, 3.63) is 27.4 Å². The highest BCUT2D eigenvalue weighted by molar-refractivity contribution is 9.10. The van der Waals surface area contributed by atoms with Gasteiger partial charge in [-0.3, -0.25) is 9.59 Å². The van der Waals surface area contributed by atoms with Crippen molar-refractivity contribution in [2.75, 3.05) is 18.6 Å². The first-order valence-electron chi connectivity index (χ1n) is 5.46. The summed E-state index contributed by atoms with van der Waals surface area (Å²) in [6, 6.07) is 2.55. The predicted octanol–water partition coefficient (Wildman–Crippen LogP) is 2.77. The molecule has 1 atom stereocenters. The molecule has 0 spiro atoms. The number of benzene rings is 1. The van der Waals surface area contributed by atoms with Crippen LogP contribution < -0.4 is 4.90 Å². The number of methoxy groups -OCH3 is 1. The van der Waals surface area contributed by atoms with Crippen molar-refractivity contribution in [2.45, 2.75) is 6.42 Å². The van der Waals surface area contributed by atoms with E-state index in [-0.39, 0.29) is 24.6 Å². The van der Waals surface area contributed by atoms with E-state index in [2.05, 4.69) is 20.7 Å². The third-order valence-electron chi connectivity index (χ3n) is 2.94. The first-order chi connectivity index (χ1) is 8.93. The third kappa shape index (κ3) is 2.74. The number of esters is 1. The Balaban J connectivity index is 2.30. The molecule has 1 aliphatic rings. The highest BCUT2D eigenvalue weighted by Gasteiger charge is 2.37. The first kappa shape index (κ1) is 14.3. The minimum atomic E-state index is -0.574. The quantitative estimate of drug-likeness (QED) is 0.609. The van der Waals surface area contributed by atoms with Gasteiger partial charge in [0.15, 0.2) is 0 Å². The van der Waals surface area contributed by atoms with E-state index in [4.69, 9.17) is 11.6 Å². The van der Waals surface area contributed by atoms with Crippen molar-refractivity contribution < 1.29 is 18.7 Å². The molecule has 2 rings (SSSR count). The summed E-state index contributed by atoms with van der Waals surface area (Å²) in [5.74, 6) is -1.94. The van der Waals surface area contributed by atoms with Crippen LogP contribution in [0.15, 0.2) is 16.6 Å². The number of anilines is 1. The largest absolute Gasteiger partial charge is 0.469 e. The predicted molar refractivity (Wildman–Crippen MR) is 71.6 cm³/mol. The van der Waals surface area contributed by atoms with E-state index in [0.29, 0.717) is 9.50 Å². The van der Waals surface area contributed by atoms with Gasteiger partial charge >= 0.3 is 5.97 Å². The maximum Gasteiger partial charge on any atom is 0.311 e. The van der Waals surface area contributed by atoms with Crippen molar-refractivity contribution in [2.24, 2.45) is 5.92 Å². The van der Waals surface area contributed by atoms with E-state index in [9.17, 15) is 14.0 Å². The fourth-order valence-corrected chi connectivity index (χ4v) is 2.46. The van der Waals surface area contributed by atoms with Crippen LogP contribution >= 0.6 is 27.5 Å². The van der Waals surface area contributed by atoms with Crippen LogP contribution in [0.1, 0.15) is 6.42 Å². The lowest BCUT2D eigenvalue weighted by atomic mass is 10.1. The van der Waals surface area contributed by atoms with Gasteiger partial charge in [0.1, 0.15) is 5.82 Å². The molecule has 1 unspecified atom stereocenters. The summed E-state index contributed by atoms with van der Waals surface area (Å²) in [5, 5.41) is 0.297. The Morgan fingerprint density at radius 3 is 2.89 bits per heavy atom. The Kier molecular flexibility index (Phi) is 4.10. The van der Waals surface area contributed by atoms with E-state index < -0.39 is 17.7 Å². The van der Waals surface area contributed by atoms with E-state index in [1.54, 1.807) is 0 Å². The SMILES string of the molecule is COC(=O)C1CC(=O)N(c2cc(Cl)c(Br)cc2F)C1. The second-order valence-corrected chi connectivity index (χ2v) is 5.41. The van der Waals surface area contributed by atoms with Crippen LogP contribution in [-0.2, 0) is 14.3 Å². The zero-order chi connectivity index (χ0) is 14.2. The lowest BCUT2D eigenvalue weighted by Crippen LogP contribution is -2.27. The molecule has 0 N–H and O–H groups in total. The van der Waals surface area contributed by atoms with Gasteiger partial charge in [0.25, 0.3) is 0 Å². The molecule has 1 aromatic carbocycles. The Morgan fingerprint density at radius 1 is 1.58 bits per heavy atom. The average molecular weight is 351 g/mol. The van der Waals surface area contributed by atoms with Gasteiger partial charge in [-0.2, -0.15) is 0 Å². The minimum absolute atomic E-state index is 0.0137. The van der Waals surface area contributed by atoms with Gasteiger partial charge < -0.3 is 9.64 Å². The Hall–Kier alpha value is -1.14. The highest BCUT2D eigenvalue weighted by atomic mass is 79.9. The number of ether oxygens (including phenoxy) is 1. The maximum atomic E-state index is 13.9. The Morgan fingerprint density at radius 2 is 2.26 bits per heavy atom. The first-order valence-corrected chi connectivity index (χ1v) is 6.64. The molecule has 0 saturated carbocycles. The van der Waals surface area contributed by atoms with Crippen LogP contribution in [0, 0.1) is 11.7 Å². The molecule has 1 aromatic rings. The number of carbonyl (C=O) groups excluding carboxylic acids is 2. The molecule has 1 aliphatic heterocycles. The van der Waals surface area contributed by atoms with Gasteiger partial charge in [0, 0.05) is 17.4 Å². The molecule has 1 fully saturated rings. The second-order valence-electron chi connectivity index (χ2n) is 4.15. The molecule has 1 saturated heterocycles. The maximum absolute atomic E-state index is 13.9. The van der Waals surface area contributed by atoms with Crippen molar-refractivity contribution in [3.63, 3.8) is 0 Å². The Bertz CT molecular complexity index is 552. The zero-order valence-electron chi connectivity index (χ0n) is 9.95. The normalized spacial score (nSPS) is 18.8. The molecule has 19 heavy (non-hydrogen) atoms. The van der Waals surface area contributed by atoms with Crippen molar-refractivity contribution >= 4 is 45.1 Å². The standard InChI is InChI=1S/C12H10BrClFNO3/c1-19-12(18)6-2-11(17)16(5-6)10-4-8(14)7(13)3-9(10)15/h3-4,6H,2,5H2,1H3. The van der Waals surface area contributed by atoms with Gasteiger partial charge in [-0.1, -0.05) is 11.6 Å². The van der Waals surface area contributed by atoms with Crippen molar-refractivity contribution in [1.29, 1.82) is 0 Å². The number of hydrogen-bond donors (Lipinski definition) is 0. The lowest BCUT2D eigenvalue weighted by molar-refractivity contribution is -0.145. The van der Waals surface area contributed by atoms with E-state index in [1.807, 2.05) is 0 Å². The van der Waals surface area contributed by atoms with E-state index in [0.717, 1.165) is 0 Å². The van der Waals surface area contributed by atoms with E-state index in [1.165, 1.54) is 24.1 Å². The number of halogens is 3. The molecule has 0 bridgehead atoms. The lowest BCUT2D eigenvalue weighted by Gasteiger charge is -2.17. The molecule has 1 amide bonds. The number of hydrogen-bond acceptors (Lipinski definition) is 3. The molecule has 1 heterocycles. The highest BCUT2D eigenvalue weighted by Crippen LogP contribution is 2.33. The second kappa shape index (κ2) is 5.46. The smallest absolute Gasteiger partial charge is 0.311 e. The topological polar surface area (TPSA) is 46.6 Å². The van der Waals surface area contributed by atoms with Crippen LogP contribution in [0.3, 0.4) is 0 Å². The molecule has 0 aliphatic carbocycles. The fourth-order valence-electron chi connectivity index (χ4n) is 1.98. The summed E-state index contributed by atoms with van der Waals surface area (Å²) >= 11 is 9.00. The van der Waals surface area contributed by atoms with Crippen LogP contribution in [-0.4, -0.2) is 25.5 Å². The van der Waals surface area contributed by atoms with Crippen LogP contribution in [0.25, 0.3) is 0 Å². The number of carbonyl (C=O) groups is 2. The van der Waals surface area contributed by atoms with Crippen LogP contribution in [0.2, 0.25) is 5.02 Å². The van der Waals surface area contributed by atoms with Crippen LogP contribution in [0.4, 0.5) is 10.1 Å². The fraction of sp³-hybridized carbons (Fsp3) is 0.333. The molecule has 4 nitrogen and oxygen atoms in total. The average Bonchev–Trinajstić information content (AvgIpc) is 2.75. The summed E-state index contributed by atoms with van der Waals surface area (Å²) in [5.41, 5.74) is 0.0737. The number of rotatable bonds is 2.